The number of hydrogen-bond donors (Lipinski definition) is 3. The average molecular weight is 581 g/mol. The monoisotopic (exact) mass is 580 g/mol. The quantitative estimate of drug-likeness (QED) is 0.247. The summed E-state index contributed by atoms with van der Waals surface area (Å²) in [6.07, 6.45) is 5.39. The maximum atomic E-state index is 14.5. The van der Waals surface area contributed by atoms with E-state index in [0.717, 1.165) is 34.2 Å². The van der Waals surface area contributed by atoms with Crippen LogP contribution in [0.1, 0.15) is 37.5 Å². The van der Waals surface area contributed by atoms with E-state index in [1.165, 1.54) is 7.11 Å². The predicted octanol–water partition coefficient (Wildman–Crippen LogP) is 4.57. The van der Waals surface area contributed by atoms with Gasteiger partial charge >= 0.3 is 7.82 Å². The number of phosphoric acid groups is 1. The fourth-order valence-corrected chi connectivity index (χ4v) is 4.66. The van der Waals surface area contributed by atoms with Gasteiger partial charge in [0.1, 0.15) is 18.3 Å². The van der Waals surface area contributed by atoms with Crippen molar-refractivity contribution in [3.05, 3.63) is 81.5 Å². The van der Waals surface area contributed by atoms with Crippen LogP contribution in [0.3, 0.4) is 0 Å². The van der Waals surface area contributed by atoms with Gasteiger partial charge < -0.3 is 14.5 Å². The molecule has 0 unspecified atom stereocenters. The SMILES string of the molecule is COc1c(C=Cc2ccc(NS(C)(=O)=O)cc2)cc(-c2cc(F)cn(COP(=O)(O)O)c2=O)cc1C(C)(C)C. The van der Waals surface area contributed by atoms with Gasteiger partial charge in [-0.2, -0.15) is 0 Å². The number of rotatable bonds is 9. The van der Waals surface area contributed by atoms with Crippen LogP contribution in [0.2, 0.25) is 0 Å². The van der Waals surface area contributed by atoms with E-state index < -0.39 is 41.4 Å². The van der Waals surface area contributed by atoms with Crippen LogP contribution in [0.4, 0.5) is 10.1 Å². The van der Waals surface area contributed by atoms with Crippen molar-refractivity contribution in [2.45, 2.75) is 32.9 Å². The van der Waals surface area contributed by atoms with Crippen molar-refractivity contribution in [1.82, 2.24) is 4.57 Å². The fourth-order valence-electron chi connectivity index (χ4n) is 3.82. The largest absolute Gasteiger partial charge is 0.496 e. The number of nitrogens with one attached hydrogen (secondary N) is 1. The molecular formula is C26H30FN2O8PS. The summed E-state index contributed by atoms with van der Waals surface area (Å²) in [6, 6.07) is 11.1. The Kier molecular flexibility index (Phi) is 8.88. The lowest BCUT2D eigenvalue weighted by molar-refractivity contribution is 0.150. The number of nitrogens with zero attached hydrogens (tertiary/aromatic N) is 1. The number of hydrogen-bond acceptors (Lipinski definition) is 6. The Morgan fingerprint density at radius 1 is 1.10 bits per heavy atom. The van der Waals surface area contributed by atoms with Crippen LogP contribution in [-0.4, -0.2) is 36.1 Å². The number of methoxy groups -OCH3 is 1. The second-order valence-electron chi connectivity index (χ2n) is 9.82. The van der Waals surface area contributed by atoms with E-state index in [4.69, 9.17) is 14.5 Å². The van der Waals surface area contributed by atoms with Gasteiger partial charge in [-0.15, -0.1) is 0 Å². The van der Waals surface area contributed by atoms with Gasteiger partial charge in [-0.05, 0) is 46.9 Å². The number of anilines is 1. The van der Waals surface area contributed by atoms with Gasteiger partial charge in [0, 0.05) is 23.0 Å². The molecule has 210 valence electrons. The van der Waals surface area contributed by atoms with Crippen molar-refractivity contribution in [3.8, 4) is 16.9 Å². The van der Waals surface area contributed by atoms with E-state index in [1.807, 2.05) is 20.8 Å². The number of benzene rings is 2. The van der Waals surface area contributed by atoms with Crippen molar-refractivity contribution in [2.75, 3.05) is 18.1 Å². The van der Waals surface area contributed by atoms with Gasteiger partial charge in [0.2, 0.25) is 10.0 Å². The number of aromatic nitrogens is 1. The third-order valence-electron chi connectivity index (χ3n) is 5.53. The molecule has 0 radical (unpaired) electrons. The van der Waals surface area contributed by atoms with Gasteiger partial charge in [-0.25, -0.2) is 17.4 Å². The zero-order valence-corrected chi connectivity index (χ0v) is 23.7. The van der Waals surface area contributed by atoms with Crippen molar-refractivity contribution in [3.63, 3.8) is 0 Å². The molecule has 3 aromatic rings. The molecule has 3 N–H and O–H groups in total. The summed E-state index contributed by atoms with van der Waals surface area (Å²) in [6.45, 7) is 5.02. The summed E-state index contributed by atoms with van der Waals surface area (Å²) < 4.78 is 61.8. The lowest BCUT2D eigenvalue weighted by Crippen LogP contribution is -2.23. The zero-order chi connectivity index (χ0) is 29.2. The molecule has 13 heteroatoms. The molecule has 3 rings (SSSR count). The van der Waals surface area contributed by atoms with Gasteiger partial charge in [0.05, 0.1) is 18.9 Å². The van der Waals surface area contributed by atoms with Crippen LogP contribution >= 0.6 is 7.82 Å². The Labute approximate surface area is 226 Å². The summed E-state index contributed by atoms with van der Waals surface area (Å²) >= 11 is 0. The molecular weight excluding hydrogens is 550 g/mol. The highest BCUT2D eigenvalue weighted by atomic mass is 32.2. The highest BCUT2D eigenvalue weighted by Gasteiger charge is 2.24. The molecule has 0 amide bonds. The smallest absolute Gasteiger partial charge is 0.471 e. The zero-order valence-electron chi connectivity index (χ0n) is 22.0. The van der Waals surface area contributed by atoms with Crippen LogP contribution in [0.15, 0.2) is 53.5 Å². The topological polar surface area (TPSA) is 144 Å². The maximum Gasteiger partial charge on any atom is 0.471 e. The Bertz CT molecular complexity index is 1600. The maximum absolute atomic E-state index is 14.5. The first-order chi connectivity index (χ1) is 18.0. The normalized spacial score (nSPS) is 12.6. The lowest BCUT2D eigenvalue weighted by Gasteiger charge is -2.25. The minimum Gasteiger partial charge on any atom is -0.496 e. The molecule has 1 aromatic heterocycles. The number of halogens is 1. The Morgan fingerprint density at radius 3 is 2.28 bits per heavy atom. The predicted molar refractivity (Wildman–Crippen MR) is 148 cm³/mol. The first-order valence-corrected chi connectivity index (χ1v) is 15.0. The second-order valence-corrected chi connectivity index (χ2v) is 12.8. The standard InChI is InChI=1S/C26H30FN2O8PS/c1-26(2,3)23-13-19(22-14-20(27)15-29(25(22)30)16-37-38(31,32)33)12-18(24(23)36-4)9-6-17-7-10-21(11-8-17)28-39(5,34)35/h6-15,28H,16H2,1-5H3,(H2,31,32,33). The minimum atomic E-state index is -4.90. The van der Waals surface area contributed by atoms with E-state index in [1.54, 1.807) is 48.6 Å². The summed E-state index contributed by atoms with van der Waals surface area (Å²) in [5.41, 5.74) is 1.65. The molecule has 0 aliphatic carbocycles. The molecule has 39 heavy (non-hydrogen) atoms. The van der Waals surface area contributed by atoms with Gasteiger partial charge in [-0.1, -0.05) is 45.1 Å². The molecule has 0 aliphatic heterocycles. The van der Waals surface area contributed by atoms with Crippen molar-refractivity contribution >= 4 is 35.7 Å². The number of sulfonamides is 1. The van der Waals surface area contributed by atoms with E-state index in [0.29, 0.717) is 22.6 Å². The Hall–Kier alpha value is -3.28. The van der Waals surface area contributed by atoms with Crippen LogP contribution in [0.25, 0.3) is 23.3 Å². The molecule has 0 saturated heterocycles. The van der Waals surface area contributed by atoms with Gasteiger partial charge in [0.25, 0.3) is 5.56 Å². The highest BCUT2D eigenvalue weighted by Crippen LogP contribution is 2.39. The summed E-state index contributed by atoms with van der Waals surface area (Å²) in [7, 11) is -6.79. The molecule has 0 atom stereocenters. The number of pyridine rings is 1. The third-order valence-corrected chi connectivity index (χ3v) is 6.59. The van der Waals surface area contributed by atoms with Crippen molar-refractivity contribution in [2.24, 2.45) is 0 Å². The van der Waals surface area contributed by atoms with Crippen molar-refractivity contribution < 1.29 is 36.4 Å². The van der Waals surface area contributed by atoms with Crippen LogP contribution in [0.5, 0.6) is 5.75 Å². The fraction of sp³-hybridized carbons (Fsp3) is 0.269. The van der Waals surface area contributed by atoms with E-state index in [9.17, 15) is 22.2 Å². The molecule has 0 aliphatic rings. The number of ether oxygens (including phenoxy) is 1. The average Bonchev–Trinajstić information content (AvgIpc) is 2.81. The Balaban J connectivity index is 2.13. The van der Waals surface area contributed by atoms with E-state index in [-0.39, 0.29) is 5.56 Å². The van der Waals surface area contributed by atoms with Crippen LogP contribution in [-0.2, 0) is 31.3 Å². The lowest BCUT2D eigenvalue weighted by atomic mass is 9.83. The first kappa shape index (κ1) is 30.3. The summed E-state index contributed by atoms with van der Waals surface area (Å²) in [4.78, 5) is 31.1. The summed E-state index contributed by atoms with van der Waals surface area (Å²) in [5, 5.41) is 0. The first-order valence-electron chi connectivity index (χ1n) is 11.6. The summed E-state index contributed by atoms with van der Waals surface area (Å²) in [5.74, 6) is -0.258. The van der Waals surface area contributed by atoms with Crippen LogP contribution < -0.4 is 15.0 Å². The second kappa shape index (κ2) is 11.4. The molecule has 0 spiro atoms. The van der Waals surface area contributed by atoms with Crippen LogP contribution in [0, 0.1) is 5.82 Å². The molecule has 0 bridgehead atoms. The van der Waals surface area contributed by atoms with Gasteiger partial charge in [0.15, 0.2) is 0 Å². The van der Waals surface area contributed by atoms with Gasteiger partial charge in [-0.3, -0.25) is 18.6 Å². The Morgan fingerprint density at radius 2 is 1.74 bits per heavy atom. The van der Waals surface area contributed by atoms with E-state index in [2.05, 4.69) is 9.25 Å². The van der Waals surface area contributed by atoms with E-state index >= 15 is 0 Å². The molecule has 10 nitrogen and oxygen atoms in total. The molecule has 0 saturated carbocycles. The molecule has 1 heterocycles. The highest BCUT2D eigenvalue weighted by molar-refractivity contribution is 7.92. The number of phosphoric ester groups is 1. The molecule has 0 fully saturated rings. The molecule has 2 aromatic carbocycles. The third kappa shape index (κ3) is 8.35. The minimum absolute atomic E-state index is 0.0386. The van der Waals surface area contributed by atoms with Crippen molar-refractivity contribution in [1.29, 1.82) is 0 Å².